The Balaban J connectivity index is 1.35. The third-order valence-corrected chi connectivity index (χ3v) is 6.28. The van der Waals surface area contributed by atoms with Gasteiger partial charge in [-0.3, -0.25) is 0 Å². The monoisotopic (exact) mass is 338 g/mol. The van der Waals surface area contributed by atoms with Crippen molar-refractivity contribution in [3.8, 4) is 0 Å². The first-order valence-corrected chi connectivity index (χ1v) is 10.1. The van der Waals surface area contributed by atoms with E-state index < -0.39 is 0 Å². The maximum Gasteiger partial charge on any atom is 0.0623 e. The van der Waals surface area contributed by atoms with E-state index in [-0.39, 0.29) is 0 Å². The van der Waals surface area contributed by atoms with Gasteiger partial charge in [-0.05, 0) is 71.2 Å². The van der Waals surface area contributed by atoms with E-state index in [4.69, 9.17) is 4.74 Å². The first-order chi connectivity index (χ1) is 11.7. The molecule has 3 unspecified atom stereocenters. The fourth-order valence-corrected chi connectivity index (χ4v) is 4.66. The number of likely N-dealkylation sites (tertiary alicyclic amines) is 1. The molecule has 2 aliphatic heterocycles. The molecule has 140 valence electrons. The molecule has 5 nitrogen and oxygen atoms in total. The zero-order valence-corrected chi connectivity index (χ0v) is 15.8. The van der Waals surface area contributed by atoms with E-state index >= 15 is 0 Å². The largest absolute Gasteiger partial charge is 0.379 e. The molecule has 3 aliphatic rings. The molecule has 0 amide bonds. The highest BCUT2D eigenvalue weighted by Gasteiger charge is 2.34. The highest BCUT2D eigenvalue weighted by Crippen LogP contribution is 2.30. The Morgan fingerprint density at radius 2 is 2.00 bits per heavy atom. The summed E-state index contributed by atoms with van der Waals surface area (Å²) in [6.45, 7) is 9.02. The molecular formula is C19H38N4O. The molecular weight excluding hydrogens is 300 g/mol. The number of morpholine rings is 1. The summed E-state index contributed by atoms with van der Waals surface area (Å²) in [4.78, 5) is 4.93. The van der Waals surface area contributed by atoms with Crippen LogP contribution in [0, 0.1) is 11.8 Å². The maximum atomic E-state index is 5.69. The van der Waals surface area contributed by atoms with Gasteiger partial charge in [0.1, 0.15) is 0 Å². The summed E-state index contributed by atoms with van der Waals surface area (Å²) < 4.78 is 5.69. The van der Waals surface area contributed by atoms with E-state index in [1.165, 1.54) is 64.8 Å². The van der Waals surface area contributed by atoms with E-state index in [1.54, 1.807) is 0 Å². The molecule has 1 saturated carbocycles. The van der Waals surface area contributed by atoms with Crippen molar-refractivity contribution in [2.45, 2.75) is 44.2 Å². The Hall–Kier alpha value is -0.200. The molecule has 0 radical (unpaired) electrons. The molecule has 3 rings (SSSR count). The summed E-state index contributed by atoms with van der Waals surface area (Å²) in [6.07, 6.45) is 6.82. The van der Waals surface area contributed by atoms with E-state index in [0.717, 1.165) is 31.6 Å². The van der Waals surface area contributed by atoms with Crippen LogP contribution in [0.1, 0.15) is 32.1 Å². The summed E-state index contributed by atoms with van der Waals surface area (Å²) in [7, 11) is 4.34. The van der Waals surface area contributed by atoms with Crippen molar-refractivity contribution in [1.82, 2.24) is 20.4 Å². The number of likely N-dealkylation sites (N-methyl/N-ethyl adjacent to an activating group) is 1. The van der Waals surface area contributed by atoms with Gasteiger partial charge in [0.15, 0.2) is 0 Å². The minimum absolute atomic E-state index is 0.576. The maximum absolute atomic E-state index is 5.69. The first-order valence-electron chi connectivity index (χ1n) is 10.1. The minimum atomic E-state index is 0.576. The van der Waals surface area contributed by atoms with Crippen LogP contribution in [0.25, 0.3) is 0 Å². The van der Waals surface area contributed by atoms with Crippen molar-refractivity contribution >= 4 is 0 Å². The zero-order valence-electron chi connectivity index (χ0n) is 15.8. The van der Waals surface area contributed by atoms with Gasteiger partial charge in [0.05, 0.1) is 13.2 Å². The van der Waals surface area contributed by atoms with Gasteiger partial charge in [0, 0.05) is 31.7 Å². The Bertz CT molecular complexity index is 351. The second-order valence-corrected chi connectivity index (χ2v) is 8.33. The van der Waals surface area contributed by atoms with E-state index in [0.29, 0.717) is 12.1 Å². The van der Waals surface area contributed by atoms with E-state index in [2.05, 4.69) is 34.5 Å². The molecule has 0 spiro atoms. The van der Waals surface area contributed by atoms with Gasteiger partial charge in [-0.2, -0.15) is 0 Å². The van der Waals surface area contributed by atoms with Gasteiger partial charge in [-0.25, -0.2) is 0 Å². The summed E-state index contributed by atoms with van der Waals surface area (Å²) in [5.41, 5.74) is 0. The summed E-state index contributed by atoms with van der Waals surface area (Å²) in [5.74, 6) is 1.64. The predicted octanol–water partition coefficient (Wildman–Crippen LogP) is 1.01. The lowest BCUT2D eigenvalue weighted by Gasteiger charge is -2.35. The number of hydrogen-bond donors (Lipinski definition) is 2. The highest BCUT2D eigenvalue weighted by atomic mass is 16.5. The predicted molar refractivity (Wildman–Crippen MR) is 99.5 cm³/mol. The van der Waals surface area contributed by atoms with Gasteiger partial charge >= 0.3 is 0 Å². The average molecular weight is 339 g/mol. The van der Waals surface area contributed by atoms with Gasteiger partial charge in [0.25, 0.3) is 0 Å². The van der Waals surface area contributed by atoms with Crippen molar-refractivity contribution in [3.05, 3.63) is 0 Å². The first kappa shape index (κ1) is 18.6. The molecule has 24 heavy (non-hydrogen) atoms. The molecule has 2 saturated heterocycles. The van der Waals surface area contributed by atoms with Gasteiger partial charge < -0.3 is 25.2 Å². The lowest BCUT2D eigenvalue weighted by molar-refractivity contribution is 0.0519. The molecule has 2 N–H and O–H groups in total. The van der Waals surface area contributed by atoms with Crippen LogP contribution < -0.4 is 10.6 Å². The normalized spacial score (nSPS) is 33.4. The second kappa shape index (κ2) is 9.48. The van der Waals surface area contributed by atoms with Crippen molar-refractivity contribution in [1.29, 1.82) is 0 Å². The van der Waals surface area contributed by atoms with Crippen LogP contribution in [0.2, 0.25) is 0 Å². The zero-order chi connectivity index (χ0) is 16.8. The summed E-state index contributed by atoms with van der Waals surface area (Å²) in [6, 6.07) is 1.28. The SMILES string of the molecule is CN(C)CCN1CCC(CNC2CCCC2C2COCCN2)CC1. The number of nitrogens with zero attached hydrogens (tertiary/aromatic N) is 2. The molecule has 0 aromatic heterocycles. The fraction of sp³-hybridized carbons (Fsp3) is 1.00. The topological polar surface area (TPSA) is 39.8 Å². The third-order valence-electron chi connectivity index (χ3n) is 6.28. The lowest BCUT2D eigenvalue weighted by Crippen LogP contribution is -2.51. The van der Waals surface area contributed by atoms with Crippen LogP contribution in [0.3, 0.4) is 0 Å². The number of ether oxygens (including phenoxy) is 1. The van der Waals surface area contributed by atoms with Crippen molar-refractivity contribution in [2.24, 2.45) is 11.8 Å². The number of piperidine rings is 1. The second-order valence-electron chi connectivity index (χ2n) is 8.33. The summed E-state index contributed by atoms with van der Waals surface area (Å²) in [5, 5.41) is 7.62. The van der Waals surface area contributed by atoms with Crippen LogP contribution in [0.5, 0.6) is 0 Å². The quantitative estimate of drug-likeness (QED) is 0.725. The molecule has 3 atom stereocenters. The molecule has 2 heterocycles. The van der Waals surface area contributed by atoms with Crippen molar-refractivity contribution in [3.63, 3.8) is 0 Å². The van der Waals surface area contributed by atoms with Crippen molar-refractivity contribution < 1.29 is 4.74 Å². The highest BCUT2D eigenvalue weighted by molar-refractivity contribution is 4.92. The number of nitrogens with one attached hydrogen (secondary N) is 2. The van der Waals surface area contributed by atoms with Crippen LogP contribution in [0.15, 0.2) is 0 Å². The van der Waals surface area contributed by atoms with Gasteiger partial charge in [-0.15, -0.1) is 0 Å². The molecule has 0 aromatic carbocycles. The molecule has 1 aliphatic carbocycles. The fourth-order valence-electron chi connectivity index (χ4n) is 4.66. The molecule has 3 fully saturated rings. The molecule has 0 aromatic rings. The van der Waals surface area contributed by atoms with E-state index in [9.17, 15) is 0 Å². The smallest absolute Gasteiger partial charge is 0.0623 e. The van der Waals surface area contributed by atoms with Crippen LogP contribution >= 0.6 is 0 Å². The van der Waals surface area contributed by atoms with Crippen molar-refractivity contribution in [2.75, 3.05) is 66.6 Å². The van der Waals surface area contributed by atoms with Gasteiger partial charge in [0.2, 0.25) is 0 Å². The lowest BCUT2D eigenvalue weighted by atomic mass is 9.92. The Morgan fingerprint density at radius 3 is 2.71 bits per heavy atom. The average Bonchev–Trinajstić information content (AvgIpc) is 3.08. The third kappa shape index (κ3) is 5.40. The molecule has 5 heteroatoms. The van der Waals surface area contributed by atoms with E-state index in [1.807, 2.05) is 0 Å². The number of rotatable bonds is 7. The van der Waals surface area contributed by atoms with Crippen LogP contribution in [-0.2, 0) is 4.74 Å². The molecule has 0 bridgehead atoms. The standard InChI is InChI=1S/C19H38N4O/c1-22(2)11-12-23-9-6-16(7-10-23)14-21-18-5-3-4-17(18)19-15-24-13-8-20-19/h16-21H,3-15H2,1-2H3. The Kier molecular flexibility index (Phi) is 7.35. The Morgan fingerprint density at radius 1 is 1.17 bits per heavy atom. The van der Waals surface area contributed by atoms with Gasteiger partial charge in [-0.1, -0.05) is 6.42 Å². The number of hydrogen-bond acceptors (Lipinski definition) is 5. The van der Waals surface area contributed by atoms with Crippen LogP contribution in [0.4, 0.5) is 0 Å². The minimum Gasteiger partial charge on any atom is -0.379 e. The summed E-state index contributed by atoms with van der Waals surface area (Å²) >= 11 is 0. The van der Waals surface area contributed by atoms with Crippen LogP contribution in [-0.4, -0.2) is 88.5 Å². The Labute approximate surface area is 148 Å².